The van der Waals surface area contributed by atoms with Crippen molar-refractivity contribution in [3.63, 3.8) is 0 Å². The van der Waals surface area contributed by atoms with E-state index in [4.69, 9.17) is 4.74 Å². The molecule has 1 aliphatic rings. The van der Waals surface area contributed by atoms with Crippen LogP contribution in [-0.4, -0.2) is 24.0 Å². The molecule has 24 heavy (non-hydrogen) atoms. The van der Waals surface area contributed by atoms with Crippen LogP contribution >= 0.6 is 15.9 Å². The zero-order valence-corrected chi connectivity index (χ0v) is 14.1. The van der Waals surface area contributed by atoms with E-state index in [2.05, 4.69) is 20.9 Å². The molecule has 1 aromatic heterocycles. The lowest BCUT2D eigenvalue weighted by Crippen LogP contribution is -2.46. The monoisotopic (exact) mass is 384 g/mol. The van der Waals surface area contributed by atoms with Gasteiger partial charge in [0.2, 0.25) is 5.69 Å². The number of imide groups is 1. The minimum Gasteiger partial charge on any atom is -0.497 e. The Kier molecular flexibility index (Phi) is 3.31. The van der Waals surface area contributed by atoms with Gasteiger partial charge < -0.3 is 4.74 Å². The maximum absolute atomic E-state index is 12.9. The van der Waals surface area contributed by atoms with Crippen molar-refractivity contribution in [2.75, 3.05) is 12.0 Å². The largest absolute Gasteiger partial charge is 0.512 e. The van der Waals surface area contributed by atoms with Gasteiger partial charge >= 0.3 is 11.9 Å². The topological polar surface area (TPSA) is 63.4 Å². The number of ether oxygens (including phenoxy) is 1. The van der Waals surface area contributed by atoms with Crippen molar-refractivity contribution in [2.45, 2.75) is 0 Å². The fourth-order valence-electron chi connectivity index (χ4n) is 2.72. The number of amides is 2. The molecular weight excluding hydrogens is 374 g/mol. The van der Waals surface area contributed by atoms with E-state index in [0.29, 0.717) is 22.5 Å². The quantitative estimate of drug-likeness (QED) is 0.637. The van der Waals surface area contributed by atoms with E-state index in [1.54, 1.807) is 43.5 Å². The van der Waals surface area contributed by atoms with E-state index in [-0.39, 0.29) is 5.69 Å². The summed E-state index contributed by atoms with van der Waals surface area (Å²) in [6.45, 7) is 0. The molecule has 3 aromatic rings. The van der Waals surface area contributed by atoms with E-state index < -0.39 is 11.9 Å². The number of fused-ring (bicyclic) bond motifs is 3. The highest BCUT2D eigenvalue weighted by atomic mass is 79.9. The highest BCUT2D eigenvalue weighted by Crippen LogP contribution is 2.25. The smallest absolute Gasteiger partial charge is 0.497 e. The molecule has 4 rings (SSSR count). The molecule has 1 aliphatic heterocycles. The van der Waals surface area contributed by atoms with Gasteiger partial charge in [0.25, 0.3) is 0 Å². The second kappa shape index (κ2) is 5.38. The molecule has 0 atom stereocenters. The minimum absolute atomic E-state index is 0.237. The predicted octanol–water partition coefficient (Wildman–Crippen LogP) is 2.92. The highest BCUT2D eigenvalue weighted by molar-refractivity contribution is 9.10. The van der Waals surface area contributed by atoms with Gasteiger partial charge in [0.15, 0.2) is 5.52 Å². The van der Waals surface area contributed by atoms with Gasteiger partial charge in [-0.3, -0.25) is 0 Å². The van der Waals surface area contributed by atoms with Crippen LogP contribution in [0.2, 0.25) is 0 Å². The van der Waals surface area contributed by atoms with Crippen molar-refractivity contribution in [3.05, 3.63) is 58.8 Å². The SMILES string of the molecule is COc1ccc(N2C(=O)c3cnc4ccc(Br)cc4[n+]3C2=O)cc1. The Balaban J connectivity index is 1.88. The van der Waals surface area contributed by atoms with Crippen LogP contribution in [0.5, 0.6) is 5.75 Å². The van der Waals surface area contributed by atoms with Crippen LogP contribution in [0.25, 0.3) is 11.0 Å². The molecule has 6 nitrogen and oxygen atoms in total. The molecule has 0 spiro atoms. The standard InChI is InChI=1S/C17H11BrN3O3/c1-24-12-5-3-11(4-6-12)20-16(22)15-9-19-13-7-2-10(18)8-14(13)21(15)17(20)23/h2-9H,1H3/q+1. The van der Waals surface area contributed by atoms with Crippen LogP contribution in [0.15, 0.2) is 53.1 Å². The number of rotatable bonds is 2. The number of hydrogen-bond donors (Lipinski definition) is 0. The number of carbonyl (C=O) groups is 2. The summed E-state index contributed by atoms with van der Waals surface area (Å²) in [6.07, 6.45) is 1.43. The molecule has 0 bridgehead atoms. The molecule has 0 fully saturated rings. The van der Waals surface area contributed by atoms with E-state index in [1.165, 1.54) is 10.8 Å². The first-order chi connectivity index (χ1) is 11.6. The van der Waals surface area contributed by atoms with Gasteiger partial charge in [0.1, 0.15) is 17.0 Å². The lowest BCUT2D eigenvalue weighted by molar-refractivity contribution is -0.537. The van der Waals surface area contributed by atoms with Crippen molar-refractivity contribution >= 4 is 44.6 Å². The lowest BCUT2D eigenvalue weighted by Gasteiger charge is -2.05. The van der Waals surface area contributed by atoms with E-state index in [0.717, 1.165) is 9.37 Å². The fraction of sp³-hybridized carbons (Fsp3) is 0.0588. The highest BCUT2D eigenvalue weighted by Gasteiger charge is 2.48. The van der Waals surface area contributed by atoms with Crippen LogP contribution in [0.1, 0.15) is 10.5 Å². The maximum atomic E-state index is 12.9. The summed E-state index contributed by atoms with van der Waals surface area (Å²) in [5, 5.41) is 0. The Morgan fingerprint density at radius 1 is 1.12 bits per heavy atom. The third-order valence-corrected chi connectivity index (χ3v) is 4.37. The Hall–Kier alpha value is -2.80. The summed E-state index contributed by atoms with van der Waals surface area (Å²) in [4.78, 5) is 31.0. The van der Waals surface area contributed by atoms with Crippen LogP contribution in [0, 0.1) is 0 Å². The van der Waals surface area contributed by atoms with Gasteiger partial charge in [-0.15, -0.1) is 9.47 Å². The molecule has 0 aliphatic carbocycles. The first-order valence-corrected chi connectivity index (χ1v) is 7.92. The molecule has 0 N–H and O–H groups in total. The van der Waals surface area contributed by atoms with E-state index in [1.807, 2.05) is 6.07 Å². The Morgan fingerprint density at radius 2 is 1.88 bits per heavy atom. The summed E-state index contributed by atoms with van der Waals surface area (Å²) in [7, 11) is 1.56. The van der Waals surface area contributed by atoms with Gasteiger partial charge in [0.05, 0.1) is 13.3 Å². The van der Waals surface area contributed by atoms with Gasteiger partial charge in [-0.2, -0.15) is 4.79 Å². The molecule has 2 amide bonds. The number of hydrogen-bond acceptors (Lipinski definition) is 4. The first-order valence-electron chi connectivity index (χ1n) is 7.13. The number of carbonyl (C=O) groups excluding carboxylic acids is 2. The second-order valence-electron chi connectivity index (χ2n) is 5.23. The second-order valence-corrected chi connectivity index (χ2v) is 6.15. The molecule has 2 aromatic carbocycles. The average molecular weight is 385 g/mol. The molecular formula is C17H11BrN3O3+. The number of halogens is 1. The van der Waals surface area contributed by atoms with Crippen LogP contribution in [0.3, 0.4) is 0 Å². The fourth-order valence-corrected chi connectivity index (χ4v) is 3.07. The average Bonchev–Trinajstić information content (AvgIpc) is 2.86. The summed E-state index contributed by atoms with van der Waals surface area (Å²) < 4.78 is 7.30. The van der Waals surface area contributed by atoms with Gasteiger partial charge in [0, 0.05) is 10.5 Å². The van der Waals surface area contributed by atoms with E-state index in [9.17, 15) is 9.59 Å². The number of anilines is 1. The molecule has 118 valence electrons. The Bertz CT molecular complexity index is 1000. The molecule has 7 heteroatoms. The molecule has 2 heterocycles. The van der Waals surface area contributed by atoms with Crippen molar-refractivity contribution in [1.29, 1.82) is 0 Å². The number of nitrogens with zero attached hydrogens (tertiary/aromatic N) is 3. The van der Waals surface area contributed by atoms with Gasteiger partial charge in [-0.05, 0) is 36.4 Å². The van der Waals surface area contributed by atoms with Crippen molar-refractivity contribution in [2.24, 2.45) is 0 Å². The van der Waals surface area contributed by atoms with Gasteiger partial charge in [-0.1, -0.05) is 15.9 Å². The zero-order chi connectivity index (χ0) is 16.8. The van der Waals surface area contributed by atoms with Gasteiger partial charge in [-0.25, -0.2) is 9.78 Å². The van der Waals surface area contributed by atoms with Crippen LogP contribution < -0.4 is 14.2 Å². The zero-order valence-electron chi connectivity index (χ0n) is 12.6. The van der Waals surface area contributed by atoms with Crippen LogP contribution in [0.4, 0.5) is 10.5 Å². The minimum atomic E-state index is -0.425. The molecule has 0 saturated carbocycles. The van der Waals surface area contributed by atoms with Crippen molar-refractivity contribution in [3.8, 4) is 5.75 Å². The normalized spacial score (nSPS) is 13.5. The molecule has 0 saturated heterocycles. The number of methoxy groups -OCH3 is 1. The van der Waals surface area contributed by atoms with Crippen molar-refractivity contribution < 1.29 is 18.9 Å². The Morgan fingerprint density at radius 3 is 2.58 bits per heavy atom. The molecule has 0 radical (unpaired) electrons. The third-order valence-electron chi connectivity index (χ3n) is 3.88. The van der Waals surface area contributed by atoms with Crippen LogP contribution in [-0.2, 0) is 0 Å². The number of aromatic nitrogens is 2. The summed E-state index contributed by atoms with van der Waals surface area (Å²) in [6, 6.07) is 11.7. The first kappa shape index (κ1) is 14.8. The lowest BCUT2D eigenvalue weighted by atomic mass is 10.2. The number of benzene rings is 2. The summed E-state index contributed by atoms with van der Waals surface area (Å²) >= 11 is 3.39. The molecule has 0 unspecified atom stereocenters. The maximum Gasteiger partial charge on any atom is 0.512 e. The van der Waals surface area contributed by atoms with E-state index >= 15 is 0 Å². The summed E-state index contributed by atoms with van der Waals surface area (Å²) in [5.74, 6) is 0.249. The van der Waals surface area contributed by atoms with Crippen molar-refractivity contribution in [1.82, 2.24) is 4.98 Å². The Labute approximate surface area is 145 Å². The summed E-state index contributed by atoms with van der Waals surface area (Å²) in [5.41, 5.74) is 1.94. The third kappa shape index (κ3) is 2.09. The predicted molar refractivity (Wildman–Crippen MR) is 90.2 cm³/mol.